The summed E-state index contributed by atoms with van der Waals surface area (Å²) in [6, 6.07) is 6.39. The molecule has 0 atom stereocenters. The Kier molecular flexibility index (Phi) is 2.64. The molecule has 0 radical (unpaired) electrons. The number of pyridine rings is 1. The van der Waals surface area contributed by atoms with Gasteiger partial charge < -0.3 is 0 Å². The lowest BCUT2D eigenvalue weighted by Gasteiger charge is -2.03. The molecule has 2 rings (SSSR count). The fraction of sp³-hybridized carbons (Fsp3) is 0. The van der Waals surface area contributed by atoms with E-state index in [4.69, 9.17) is 11.6 Å². The molecule has 0 aliphatic rings. The summed E-state index contributed by atoms with van der Waals surface area (Å²) in [6.45, 7) is 0. The van der Waals surface area contributed by atoms with E-state index in [1.807, 2.05) is 0 Å². The molecule has 0 spiro atoms. The zero-order chi connectivity index (χ0) is 10.8. The Morgan fingerprint density at radius 1 is 1.00 bits per heavy atom. The van der Waals surface area contributed by atoms with Crippen LogP contribution in [-0.4, -0.2) is 4.98 Å². The number of hydrogen-bond donors (Lipinski definition) is 0. The van der Waals surface area contributed by atoms with Gasteiger partial charge in [-0.25, -0.2) is 8.78 Å². The van der Waals surface area contributed by atoms with Crippen molar-refractivity contribution in [2.45, 2.75) is 0 Å². The van der Waals surface area contributed by atoms with Crippen LogP contribution < -0.4 is 0 Å². The van der Waals surface area contributed by atoms with Crippen LogP contribution in [0.25, 0.3) is 11.3 Å². The number of rotatable bonds is 1. The smallest absolute Gasteiger partial charge is 0.126 e. The van der Waals surface area contributed by atoms with Crippen LogP contribution in [0.15, 0.2) is 36.5 Å². The van der Waals surface area contributed by atoms with Crippen molar-refractivity contribution in [2.24, 2.45) is 0 Å². The monoisotopic (exact) mass is 225 g/mol. The Hall–Kier alpha value is -1.48. The Morgan fingerprint density at radius 3 is 2.40 bits per heavy atom. The molecular weight excluding hydrogens is 220 g/mol. The highest BCUT2D eigenvalue weighted by Crippen LogP contribution is 2.26. The van der Waals surface area contributed by atoms with Gasteiger partial charge in [-0.05, 0) is 24.3 Å². The molecule has 1 heterocycles. The van der Waals surface area contributed by atoms with Crippen LogP contribution in [0.1, 0.15) is 0 Å². The maximum Gasteiger partial charge on any atom is 0.126 e. The van der Waals surface area contributed by atoms with E-state index in [-0.39, 0.29) is 5.02 Å². The average Bonchev–Trinajstić information content (AvgIpc) is 2.17. The highest BCUT2D eigenvalue weighted by molar-refractivity contribution is 6.33. The molecule has 1 aromatic heterocycles. The van der Waals surface area contributed by atoms with E-state index in [0.717, 1.165) is 0 Å². The van der Waals surface area contributed by atoms with Crippen molar-refractivity contribution >= 4 is 11.6 Å². The van der Waals surface area contributed by atoms with Crippen LogP contribution in [0.3, 0.4) is 0 Å². The first-order chi connectivity index (χ1) is 7.16. The van der Waals surface area contributed by atoms with Crippen LogP contribution in [0.4, 0.5) is 8.78 Å². The van der Waals surface area contributed by atoms with Gasteiger partial charge in [0.15, 0.2) is 0 Å². The second kappa shape index (κ2) is 3.95. The summed E-state index contributed by atoms with van der Waals surface area (Å²) in [5.41, 5.74) is 0.901. The van der Waals surface area contributed by atoms with Crippen LogP contribution in [0, 0.1) is 11.6 Å². The quantitative estimate of drug-likeness (QED) is 0.722. The minimum Gasteiger partial charge on any atom is -0.256 e. The van der Waals surface area contributed by atoms with Gasteiger partial charge in [0.25, 0.3) is 0 Å². The summed E-state index contributed by atoms with van der Waals surface area (Å²) in [6.07, 6.45) is 1.34. The molecule has 0 aliphatic heterocycles. The average molecular weight is 226 g/mol. The second-order valence-electron chi connectivity index (χ2n) is 2.98. The van der Waals surface area contributed by atoms with E-state index >= 15 is 0 Å². The third-order valence-electron chi connectivity index (χ3n) is 1.93. The molecule has 0 unspecified atom stereocenters. The lowest BCUT2D eigenvalue weighted by molar-refractivity contribution is 0.626. The van der Waals surface area contributed by atoms with Crippen LogP contribution >= 0.6 is 11.6 Å². The first-order valence-electron chi connectivity index (χ1n) is 4.24. The molecule has 2 aromatic rings. The van der Waals surface area contributed by atoms with Gasteiger partial charge >= 0.3 is 0 Å². The predicted octanol–water partition coefficient (Wildman–Crippen LogP) is 3.68. The van der Waals surface area contributed by atoms with Gasteiger partial charge in [0.1, 0.15) is 11.6 Å². The molecule has 76 valence electrons. The van der Waals surface area contributed by atoms with E-state index in [1.54, 1.807) is 0 Å². The van der Waals surface area contributed by atoms with Gasteiger partial charge in [-0.1, -0.05) is 11.6 Å². The van der Waals surface area contributed by atoms with Gasteiger partial charge in [-0.2, -0.15) is 0 Å². The lowest BCUT2D eigenvalue weighted by Crippen LogP contribution is -1.86. The van der Waals surface area contributed by atoms with E-state index in [2.05, 4.69) is 4.98 Å². The normalized spacial score (nSPS) is 10.3. The van der Waals surface area contributed by atoms with E-state index in [1.165, 1.54) is 36.5 Å². The van der Waals surface area contributed by atoms with Crippen molar-refractivity contribution in [2.75, 3.05) is 0 Å². The molecule has 0 amide bonds. The van der Waals surface area contributed by atoms with Gasteiger partial charge in [-0.3, -0.25) is 4.98 Å². The third kappa shape index (κ3) is 2.13. The SMILES string of the molecule is Fc1ccnc(-c2ccc(F)cc2Cl)c1. The number of nitrogens with zero attached hydrogens (tertiary/aromatic N) is 1. The van der Waals surface area contributed by atoms with Gasteiger partial charge in [-0.15, -0.1) is 0 Å². The summed E-state index contributed by atoms with van der Waals surface area (Å²) >= 11 is 5.81. The van der Waals surface area contributed by atoms with E-state index in [9.17, 15) is 8.78 Å². The Morgan fingerprint density at radius 2 is 1.73 bits per heavy atom. The molecule has 1 aromatic carbocycles. The number of hydrogen-bond acceptors (Lipinski definition) is 1. The summed E-state index contributed by atoms with van der Waals surface area (Å²) in [4.78, 5) is 3.95. The fourth-order valence-corrected chi connectivity index (χ4v) is 1.51. The highest BCUT2D eigenvalue weighted by atomic mass is 35.5. The van der Waals surface area contributed by atoms with Crippen molar-refractivity contribution in [3.05, 3.63) is 53.2 Å². The van der Waals surface area contributed by atoms with Crippen molar-refractivity contribution < 1.29 is 8.78 Å². The molecule has 0 fully saturated rings. The molecule has 0 N–H and O–H groups in total. The van der Waals surface area contributed by atoms with Gasteiger partial charge in [0, 0.05) is 17.8 Å². The predicted molar refractivity (Wildman–Crippen MR) is 54.6 cm³/mol. The number of benzene rings is 1. The minimum absolute atomic E-state index is 0.216. The fourth-order valence-electron chi connectivity index (χ4n) is 1.25. The van der Waals surface area contributed by atoms with Gasteiger partial charge in [0.2, 0.25) is 0 Å². The third-order valence-corrected chi connectivity index (χ3v) is 2.24. The second-order valence-corrected chi connectivity index (χ2v) is 3.39. The van der Waals surface area contributed by atoms with Crippen LogP contribution in [-0.2, 0) is 0 Å². The minimum atomic E-state index is -0.430. The summed E-state index contributed by atoms with van der Waals surface area (Å²) in [7, 11) is 0. The maximum absolute atomic E-state index is 12.9. The van der Waals surface area contributed by atoms with Crippen LogP contribution in [0.2, 0.25) is 5.02 Å². The standard InChI is InChI=1S/C11H6ClF2N/c12-10-5-7(13)1-2-9(10)11-6-8(14)3-4-15-11/h1-6H. The summed E-state index contributed by atoms with van der Waals surface area (Å²) in [5.74, 6) is -0.833. The number of halogens is 3. The Balaban J connectivity index is 2.54. The van der Waals surface area contributed by atoms with Crippen LogP contribution in [0.5, 0.6) is 0 Å². The molecule has 0 aliphatic carbocycles. The first-order valence-corrected chi connectivity index (χ1v) is 4.61. The Labute approximate surface area is 90.3 Å². The zero-order valence-electron chi connectivity index (χ0n) is 7.55. The zero-order valence-corrected chi connectivity index (χ0v) is 8.30. The molecule has 15 heavy (non-hydrogen) atoms. The van der Waals surface area contributed by atoms with E-state index in [0.29, 0.717) is 11.3 Å². The van der Waals surface area contributed by atoms with E-state index < -0.39 is 11.6 Å². The van der Waals surface area contributed by atoms with Crippen molar-refractivity contribution in [1.82, 2.24) is 4.98 Å². The molecule has 1 nitrogen and oxygen atoms in total. The summed E-state index contributed by atoms with van der Waals surface area (Å²) in [5, 5.41) is 0.216. The highest BCUT2D eigenvalue weighted by Gasteiger charge is 2.06. The van der Waals surface area contributed by atoms with Crippen molar-refractivity contribution in [3.8, 4) is 11.3 Å². The topological polar surface area (TPSA) is 12.9 Å². The maximum atomic E-state index is 12.9. The lowest BCUT2D eigenvalue weighted by atomic mass is 10.1. The largest absolute Gasteiger partial charge is 0.256 e. The molecular formula is C11H6ClF2N. The molecule has 4 heteroatoms. The first kappa shape index (κ1) is 10.1. The van der Waals surface area contributed by atoms with Crippen molar-refractivity contribution in [3.63, 3.8) is 0 Å². The number of aromatic nitrogens is 1. The summed E-state index contributed by atoms with van der Waals surface area (Å²) < 4.78 is 25.7. The van der Waals surface area contributed by atoms with Crippen molar-refractivity contribution in [1.29, 1.82) is 0 Å². The molecule has 0 saturated carbocycles. The molecule has 0 bridgehead atoms. The van der Waals surface area contributed by atoms with Gasteiger partial charge in [0.05, 0.1) is 10.7 Å². The Bertz CT molecular complexity index is 500. The molecule has 0 saturated heterocycles.